The maximum absolute atomic E-state index is 14.0. The van der Waals surface area contributed by atoms with Gasteiger partial charge in [0.2, 0.25) is 6.79 Å². The summed E-state index contributed by atoms with van der Waals surface area (Å²) in [6.07, 6.45) is 2.50. The molecule has 3 nitrogen and oxygen atoms in total. The largest absolute Gasteiger partial charge is 0.454 e. The number of benzene rings is 1. The number of fused-ring (bicyclic) bond motifs is 1. The number of rotatable bonds is 1. The van der Waals surface area contributed by atoms with Crippen LogP contribution in [-0.4, -0.2) is 6.79 Å². The minimum atomic E-state index is -0.646. The number of nitrogens with two attached hydrogens (primary N) is 1. The van der Waals surface area contributed by atoms with Crippen LogP contribution < -0.4 is 15.2 Å². The van der Waals surface area contributed by atoms with Crippen molar-refractivity contribution in [2.24, 2.45) is 5.73 Å². The summed E-state index contributed by atoms with van der Waals surface area (Å²) < 4.78 is 24.5. The Morgan fingerprint density at radius 1 is 1.38 bits per heavy atom. The van der Waals surface area contributed by atoms with Crippen LogP contribution in [0.4, 0.5) is 4.39 Å². The highest BCUT2D eigenvalue weighted by atomic mass is 35.5. The van der Waals surface area contributed by atoms with Gasteiger partial charge in [-0.2, -0.15) is 0 Å². The lowest BCUT2D eigenvalue weighted by molar-refractivity contribution is 0.167. The van der Waals surface area contributed by atoms with Crippen molar-refractivity contribution in [3.63, 3.8) is 0 Å². The zero-order valence-corrected chi connectivity index (χ0v) is 9.31. The summed E-state index contributed by atoms with van der Waals surface area (Å²) in [5.41, 5.74) is 5.86. The summed E-state index contributed by atoms with van der Waals surface area (Å²) in [4.78, 5) is 0. The van der Waals surface area contributed by atoms with Crippen molar-refractivity contribution in [2.75, 3.05) is 6.79 Å². The topological polar surface area (TPSA) is 44.5 Å². The first kappa shape index (κ1) is 10.2. The molecule has 0 bridgehead atoms. The van der Waals surface area contributed by atoms with Crippen LogP contribution in [0.3, 0.4) is 0 Å². The summed E-state index contributed by atoms with van der Waals surface area (Å²) in [7, 11) is 0. The van der Waals surface area contributed by atoms with Gasteiger partial charge in [-0.3, -0.25) is 0 Å². The number of hydrogen-bond acceptors (Lipinski definition) is 3. The van der Waals surface area contributed by atoms with Crippen LogP contribution in [-0.2, 0) is 5.54 Å². The van der Waals surface area contributed by atoms with Gasteiger partial charge in [-0.25, -0.2) is 4.39 Å². The molecule has 2 N–H and O–H groups in total. The van der Waals surface area contributed by atoms with Crippen LogP contribution in [0.25, 0.3) is 0 Å². The summed E-state index contributed by atoms with van der Waals surface area (Å²) in [6.45, 7) is 0.0954. The van der Waals surface area contributed by atoms with Gasteiger partial charge in [0, 0.05) is 11.6 Å². The smallest absolute Gasteiger partial charge is 0.231 e. The standard InChI is InChI=1S/C11H11ClFNO2/c12-6-4-7-10(16-5-15-7)8(9(6)13)11(14)2-1-3-11/h4H,1-3,5,14H2. The van der Waals surface area contributed by atoms with Crippen molar-refractivity contribution in [1.82, 2.24) is 0 Å². The average Bonchev–Trinajstić information content (AvgIpc) is 2.63. The molecule has 1 aliphatic heterocycles. The van der Waals surface area contributed by atoms with Crippen molar-refractivity contribution in [1.29, 1.82) is 0 Å². The summed E-state index contributed by atoms with van der Waals surface area (Å²) in [5, 5.41) is 0.0379. The summed E-state index contributed by atoms with van der Waals surface area (Å²) in [5.74, 6) is 0.426. The molecule has 1 heterocycles. The van der Waals surface area contributed by atoms with E-state index in [1.165, 1.54) is 6.07 Å². The Labute approximate surface area is 97.3 Å². The van der Waals surface area contributed by atoms with E-state index in [1.54, 1.807) is 0 Å². The van der Waals surface area contributed by atoms with Crippen molar-refractivity contribution in [2.45, 2.75) is 24.8 Å². The van der Waals surface area contributed by atoms with Gasteiger partial charge < -0.3 is 15.2 Å². The molecule has 0 unspecified atom stereocenters. The van der Waals surface area contributed by atoms with E-state index in [0.29, 0.717) is 17.1 Å². The molecule has 0 saturated heterocycles. The van der Waals surface area contributed by atoms with Gasteiger partial charge in [0.15, 0.2) is 17.3 Å². The number of halogens is 2. The average molecular weight is 244 g/mol. The lowest BCUT2D eigenvalue weighted by Gasteiger charge is -2.39. The molecule has 1 aliphatic carbocycles. The van der Waals surface area contributed by atoms with Crippen LogP contribution in [0.5, 0.6) is 11.5 Å². The van der Waals surface area contributed by atoms with E-state index in [2.05, 4.69) is 0 Å². The van der Waals surface area contributed by atoms with Crippen LogP contribution in [0.15, 0.2) is 6.07 Å². The molecule has 86 valence electrons. The molecule has 1 fully saturated rings. The first-order valence-electron chi connectivity index (χ1n) is 5.19. The molecule has 0 atom stereocenters. The second-order valence-corrected chi connectivity index (χ2v) is 4.70. The molecular formula is C11H11ClFNO2. The number of ether oxygens (including phenoxy) is 2. The second-order valence-electron chi connectivity index (χ2n) is 4.29. The molecule has 0 radical (unpaired) electrons. The van der Waals surface area contributed by atoms with Gasteiger partial charge in [-0.05, 0) is 19.3 Å². The normalized spacial score (nSPS) is 20.7. The monoisotopic (exact) mass is 243 g/mol. The predicted molar refractivity (Wildman–Crippen MR) is 57.2 cm³/mol. The first-order chi connectivity index (χ1) is 7.62. The van der Waals surface area contributed by atoms with Crippen molar-refractivity contribution < 1.29 is 13.9 Å². The maximum atomic E-state index is 14.0. The predicted octanol–water partition coefficient (Wildman–Crippen LogP) is 2.55. The minimum Gasteiger partial charge on any atom is -0.454 e. The van der Waals surface area contributed by atoms with Crippen molar-refractivity contribution >= 4 is 11.6 Å². The molecule has 1 aromatic rings. The second kappa shape index (κ2) is 3.25. The Morgan fingerprint density at radius 3 is 2.75 bits per heavy atom. The summed E-state index contributed by atoms with van der Waals surface area (Å²) >= 11 is 5.82. The third-order valence-electron chi connectivity index (χ3n) is 3.30. The Balaban J connectivity index is 2.22. The Hall–Kier alpha value is -1.00. The lowest BCUT2D eigenvalue weighted by Crippen LogP contribution is -2.44. The van der Waals surface area contributed by atoms with Gasteiger partial charge >= 0.3 is 0 Å². The molecule has 1 aromatic carbocycles. The third kappa shape index (κ3) is 1.23. The molecule has 2 aliphatic rings. The molecule has 3 rings (SSSR count). The maximum Gasteiger partial charge on any atom is 0.231 e. The van der Waals surface area contributed by atoms with Gasteiger partial charge in [0.05, 0.1) is 10.6 Å². The fraction of sp³-hybridized carbons (Fsp3) is 0.455. The molecule has 16 heavy (non-hydrogen) atoms. The fourth-order valence-electron chi connectivity index (χ4n) is 2.24. The Morgan fingerprint density at radius 2 is 2.12 bits per heavy atom. The molecule has 5 heteroatoms. The van der Waals surface area contributed by atoms with E-state index >= 15 is 0 Å². The Bertz CT molecular complexity index is 460. The van der Waals surface area contributed by atoms with Crippen LogP contribution >= 0.6 is 11.6 Å². The van der Waals surface area contributed by atoms with Gasteiger partial charge in [-0.1, -0.05) is 11.6 Å². The molecule has 1 saturated carbocycles. The molecule has 0 amide bonds. The van der Waals surface area contributed by atoms with E-state index in [1.807, 2.05) is 0 Å². The van der Waals surface area contributed by atoms with E-state index in [4.69, 9.17) is 26.8 Å². The fourth-order valence-corrected chi connectivity index (χ4v) is 2.43. The molecule has 0 aromatic heterocycles. The van der Waals surface area contributed by atoms with Gasteiger partial charge in [0.25, 0.3) is 0 Å². The quantitative estimate of drug-likeness (QED) is 0.824. The van der Waals surface area contributed by atoms with E-state index in [-0.39, 0.29) is 11.8 Å². The highest BCUT2D eigenvalue weighted by molar-refractivity contribution is 6.31. The van der Waals surface area contributed by atoms with E-state index < -0.39 is 11.4 Å². The van der Waals surface area contributed by atoms with Crippen LogP contribution in [0, 0.1) is 5.82 Å². The van der Waals surface area contributed by atoms with Crippen molar-refractivity contribution in [3.05, 3.63) is 22.5 Å². The highest BCUT2D eigenvalue weighted by Gasteiger charge is 2.42. The highest BCUT2D eigenvalue weighted by Crippen LogP contribution is 2.50. The van der Waals surface area contributed by atoms with E-state index in [9.17, 15) is 4.39 Å². The minimum absolute atomic E-state index is 0.0379. The van der Waals surface area contributed by atoms with Crippen LogP contribution in [0.2, 0.25) is 5.02 Å². The summed E-state index contributed by atoms with van der Waals surface area (Å²) in [6, 6.07) is 1.44. The zero-order chi connectivity index (χ0) is 11.3. The third-order valence-corrected chi connectivity index (χ3v) is 3.57. The SMILES string of the molecule is NC1(c2c(F)c(Cl)cc3c2OCO3)CCC1. The number of hydrogen-bond donors (Lipinski definition) is 1. The lowest BCUT2D eigenvalue weighted by atomic mass is 9.72. The zero-order valence-electron chi connectivity index (χ0n) is 8.56. The van der Waals surface area contributed by atoms with E-state index in [0.717, 1.165) is 19.3 Å². The molecule has 0 spiro atoms. The first-order valence-corrected chi connectivity index (χ1v) is 5.56. The Kier molecular flexibility index (Phi) is 2.06. The van der Waals surface area contributed by atoms with Gasteiger partial charge in [-0.15, -0.1) is 0 Å². The van der Waals surface area contributed by atoms with Crippen molar-refractivity contribution in [3.8, 4) is 11.5 Å². The van der Waals surface area contributed by atoms with Gasteiger partial charge in [0.1, 0.15) is 0 Å². The molecular weight excluding hydrogens is 233 g/mol. The van der Waals surface area contributed by atoms with Crippen LogP contribution in [0.1, 0.15) is 24.8 Å².